The summed E-state index contributed by atoms with van der Waals surface area (Å²) in [4.78, 5) is 16.2. The minimum absolute atomic E-state index is 0.0892. The highest BCUT2D eigenvalue weighted by molar-refractivity contribution is 5.78. The van der Waals surface area contributed by atoms with Gasteiger partial charge in [-0.2, -0.15) is 0 Å². The minimum Gasteiger partial charge on any atom is -0.355 e. The Hall–Kier alpha value is -2.16. The molecular formula is C17H18N2O. The smallest absolute Gasteiger partial charge is 0.224 e. The van der Waals surface area contributed by atoms with E-state index in [9.17, 15) is 4.79 Å². The van der Waals surface area contributed by atoms with E-state index < -0.39 is 0 Å². The maximum Gasteiger partial charge on any atom is 0.224 e. The van der Waals surface area contributed by atoms with E-state index in [2.05, 4.69) is 16.4 Å². The molecule has 1 aliphatic rings. The second kappa shape index (κ2) is 5.45. The number of pyridine rings is 1. The molecular weight excluding hydrogens is 248 g/mol. The molecule has 1 aromatic carbocycles. The molecule has 20 heavy (non-hydrogen) atoms. The molecule has 0 radical (unpaired) electrons. The number of nitrogens with one attached hydrogen (secondary N) is 1. The van der Waals surface area contributed by atoms with E-state index in [1.807, 2.05) is 42.6 Å². The van der Waals surface area contributed by atoms with Crippen molar-refractivity contribution >= 4 is 5.91 Å². The Bertz CT molecular complexity index is 576. The fraction of sp³-hybridized carbons (Fsp3) is 0.294. The predicted molar refractivity (Wildman–Crippen MR) is 78.3 cm³/mol. The van der Waals surface area contributed by atoms with Crippen LogP contribution < -0.4 is 5.32 Å². The molecule has 1 aromatic heterocycles. The van der Waals surface area contributed by atoms with Gasteiger partial charge in [0, 0.05) is 24.4 Å². The molecule has 3 nitrogen and oxygen atoms in total. The zero-order valence-electron chi connectivity index (χ0n) is 11.4. The molecule has 102 valence electrons. The highest BCUT2D eigenvalue weighted by Gasteiger charge is 2.44. The molecule has 2 aromatic rings. The van der Waals surface area contributed by atoms with Crippen LogP contribution in [-0.2, 0) is 16.6 Å². The first-order valence-corrected chi connectivity index (χ1v) is 7.00. The lowest BCUT2D eigenvalue weighted by Crippen LogP contribution is -2.33. The molecule has 3 rings (SSSR count). The van der Waals surface area contributed by atoms with Crippen molar-refractivity contribution in [3.8, 4) is 0 Å². The van der Waals surface area contributed by atoms with E-state index in [0.717, 1.165) is 18.4 Å². The molecule has 1 fully saturated rings. The van der Waals surface area contributed by atoms with Crippen LogP contribution >= 0.6 is 0 Å². The van der Waals surface area contributed by atoms with Crippen molar-refractivity contribution in [3.05, 3.63) is 66.0 Å². The van der Waals surface area contributed by atoms with Crippen LogP contribution in [-0.4, -0.2) is 17.4 Å². The third kappa shape index (κ3) is 2.87. The molecule has 0 aliphatic heterocycles. The summed E-state index contributed by atoms with van der Waals surface area (Å²) in [6.07, 6.45) is 6.41. The Morgan fingerprint density at radius 3 is 2.60 bits per heavy atom. The van der Waals surface area contributed by atoms with Gasteiger partial charge < -0.3 is 5.32 Å². The van der Waals surface area contributed by atoms with Crippen molar-refractivity contribution in [2.24, 2.45) is 0 Å². The van der Waals surface area contributed by atoms with E-state index in [1.165, 1.54) is 5.56 Å². The fourth-order valence-electron chi connectivity index (χ4n) is 2.51. The molecule has 3 heteroatoms. The van der Waals surface area contributed by atoms with Crippen LogP contribution in [0.3, 0.4) is 0 Å². The van der Waals surface area contributed by atoms with Gasteiger partial charge in [-0.25, -0.2) is 0 Å². The zero-order valence-corrected chi connectivity index (χ0v) is 11.4. The van der Waals surface area contributed by atoms with E-state index >= 15 is 0 Å². The maximum atomic E-state index is 12.0. The SMILES string of the molecule is O=C(Cc1ccccc1)NCC1(c2cccnc2)CC1. The van der Waals surface area contributed by atoms with Crippen LogP contribution in [0.5, 0.6) is 0 Å². The van der Waals surface area contributed by atoms with Crippen molar-refractivity contribution in [1.29, 1.82) is 0 Å². The van der Waals surface area contributed by atoms with Gasteiger partial charge in [-0.1, -0.05) is 36.4 Å². The van der Waals surface area contributed by atoms with Crippen LogP contribution in [0.4, 0.5) is 0 Å². The average Bonchev–Trinajstić information content (AvgIpc) is 3.28. The van der Waals surface area contributed by atoms with Crippen LogP contribution in [0.2, 0.25) is 0 Å². The lowest BCUT2D eigenvalue weighted by atomic mass is 9.98. The van der Waals surface area contributed by atoms with Crippen LogP contribution in [0.1, 0.15) is 24.0 Å². The van der Waals surface area contributed by atoms with Gasteiger partial charge in [0.2, 0.25) is 5.91 Å². The first-order chi connectivity index (χ1) is 9.78. The summed E-state index contributed by atoms with van der Waals surface area (Å²) in [5, 5.41) is 3.07. The van der Waals surface area contributed by atoms with E-state index in [-0.39, 0.29) is 11.3 Å². The Kier molecular flexibility index (Phi) is 3.50. The molecule has 0 saturated heterocycles. The largest absolute Gasteiger partial charge is 0.355 e. The van der Waals surface area contributed by atoms with Crippen molar-refractivity contribution in [3.63, 3.8) is 0 Å². The zero-order chi connectivity index (χ0) is 13.8. The van der Waals surface area contributed by atoms with Crippen molar-refractivity contribution in [1.82, 2.24) is 10.3 Å². The standard InChI is InChI=1S/C17H18N2O/c20-16(11-14-5-2-1-3-6-14)19-13-17(8-9-17)15-7-4-10-18-12-15/h1-7,10,12H,8-9,11,13H2,(H,19,20). The molecule has 1 aliphatic carbocycles. The predicted octanol–water partition coefficient (Wildman–Crippen LogP) is 2.47. The molecule has 0 spiro atoms. The number of carbonyl (C=O) groups excluding carboxylic acids is 1. The molecule has 1 saturated carbocycles. The number of rotatable bonds is 5. The summed E-state index contributed by atoms with van der Waals surface area (Å²) in [6, 6.07) is 13.9. The third-order valence-electron chi connectivity index (χ3n) is 3.96. The average molecular weight is 266 g/mol. The Balaban J connectivity index is 1.56. The fourth-order valence-corrected chi connectivity index (χ4v) is 2.51. The number of amides is 1. The van der Waals surface area contributed by atoms with Gasteiger partial charge in [0.05, 0.1) is 6.42 Å². The first-order valence-electron chi connectivity index (χ1n) is 7.00. The van der Waals surface area contributed by atoms with Gasteiger partial charge in [0.1, 0.15) is 0 Å². The van der Waals surface area contributed by atoms with E-state index in [0.29, 0.717) is 13.0 Å². The molecule has 0 atom stereocenters. The molecule has 1 amide bonds. The van der Waals surface area contributed by atoms with Crippen LogP contribution in [0.25, 0.3) is 0 Å². The molecule has 1 heterocycles. The van der Waals surface area contributed by atoms with E-state index in [4.69, 9.17) is 0 Å². The van der Waals surface area contributed by atoms with Crippen molar-refractivity contribution < 1.29 is 4.79 Å². The number of nitrogens with zero attached hydrogens (tertiary/aromatic N) is 1. The maximum absolute atomic E-state index is 12.0. The quantitative estimate of drug-likeness (QED) is 0.903. The topological polar surface area (TPSA) is 42.0 Å². The highest BCUT2D eigenvalue weighted by atomic mass is 16.1. The first kappa shape index (κ1) is 12.9. The number of hydrogen-bond donors (Lipinski definition) is 1. The van der Waals surface area contributed by atoms with Gasteiger partial charge in [-0.3, -0.25) is 9.78 Å². The third-order valence-corrected chi connectivity index (χ3v) is 3.96. The lowest BCUT2D eigenvalue weighted by Gasteiger charge is -2.16. The van der Waals surface area contributed by atoms with Gasteiger partial charge in [0.15, 0.2) is 0 Å². The second-order valence-electron chi connectivity index (χ2n) is 5.46. The Morgan fingerprint density at radius 2 is 1.95 bits per heavy atom. The summed E-state index contributed by atoms with van der Waals surface area (Å²) in [5.74, 6) is 0.0892. The number of hydrogen-bond acceptors (Lipinski definition) is 2. The van der Waals surface area contributed by atoms with Crippen LogP contribution in [0.15, 0.2) is 54.9 Å². The van der Waals surface area contributed by atoms with Gasteiger partial charge in [0.25, 0.3) is 0 Å². The summed E-state index contributed by atoms with van der Waals surface area (Å²) in [5.41, 5.74) is 2.41. The summed E-state index contributed by atoms with van der Waals surface area (Å²) >= 11 is 0. The van der Waals surface area contributed by atoms with Crippen molar-refractivity contribution in [2.75, 3.05) is 6.54 Å². The van der Waals surface area contributed by atoms with Gasteiger partial charge in [-0.05, 0) is 30.0 Å². The Labute approximate surface area is 119 Å². The molecule has 1 N–H and O–H groups in total. The molecule has 0 unspecified atom stereocenters. The highest BCUT2D eigenvalue weighted by Crippen LogP contribution is 2.47. The Morgan fingerprint density at radius 1 is 1.15 bits per heavy atom. The monoisotopic (exact) mass is 266 g/mol. The number of carbonyl (C=O) groups is 1. The molecule has 0 bridgehead atoms. The number of aromatic nitrogens is 1. The number of benzene rings is 1. The summed E-state index contributed by atoms with van der Waals surface area (Å²) in [7, 11) is 0. The van der Waals surface area contributed by atoms with Gasteiger partial charge >= 0.3 is 0 Å². The summed E-state index contributed by atoms with van der Waals surface area (Å²) in [6.45, 7) is 0.713. The van der Waals surface area contributed by atoms with Gasteiger partial charge in [-0.15, -0.1) is 0 Å². The second-order valence-corrected chi connectivity index (χ2v) is 5.46. The lowest BCUT2D eigenvalue weighted by molar-refractivity contribution is -0.120. The summed E-state index contributed by atoms with van der Waals surface area (Å²) < 4.78 is 0. The van der Waals surface area contributed by atoms with E-state index in [1.54, 1.807) is 6.20 Å². The van der Waals surface area contributed by atoms with Crippen molar-refractivity contribution in [2.45, 2.75) is 24.7 Å². The normalized spacial score (nSPS) is 15.6. The van der Waals surface area contributed by atoms with Crippen LogP contribution in [0, 0.1) is 0 Å². The minimum atomic E-state index is 0.0892.